The predicted molar refractivity (Wildman–Crippen MR) is 104 cm³/mol. The molecule has 0 aliphatic heterocycles. The Balaban J connectivity index is 1.47. The fourth-order valence-corrected chi connectivity index (χ4v) is 4.12. The average Bonchev–Trinajstić information content (AvgIpc) is 2.68. The van der Waals surface area contributed by atoms with E-state index in [0.717, 1.165) is 37.0 Å². The van der Waals surface area contributed by atoms with Gasteiger partial charge >= 0.3 is 5.97 Å². The minimum atomic E-state index is -0.0643. The van der Waals surface area contributed by atoms with E-state index in [2.05, 4.69) is 31.2 Å². The van der Waals surface area contributed by atoms with E-state index < -0.39 is 0 Å². The monoisotopic (exact) mass is 354 g/mol. The van der Waals surface area contributed by atoms with Crippen LogP contribution in [-0.4, -0.2) is 5.97 Å². The van der Waals surface area contributed by atoms with Crippen LogP contribution >= 0.6 is 12.0 Å². The maximum absolute atomic E-state index is 12.3. The summed E-state index contributed by atoms with van der Waals surface area (Å²) in [6.07, 6.45) is 6.34. The molecule has 1 fully saturated rings. The second-order valence-corrected chi connectivity index (χ2v) is 7.64. The van der Waals surface area contributed by atoms with Crippen molar-refractivity contribution < 1.29 is 8.98 Å². The largest absolute Gasteiger partial charge is 0.386 e. The van der Waals surface area contributed by atoms with Gasteiger partial charge in [0.15, 0.2) is 0 Å². The highest BCUT2D eigenvalue weighted by Gasteiger charge is 2.28. The molecule has 0 amide bonds. The van der Waals surface area contributed by atoms with Crippen molar-refractivity contribution in [2.75, 3.05) is 0 Å². The van der Waals surface area contributed by atoms with E-state index in [9.17, 15) is 4.79 Å². The molecule has 3 heteroatoms. The van der Waals surface area contributed by atoms with Gasteiger partial charge in [-0.2, -0.15) is 0 Å². The molecule has 0 heterocycles. The third-order valence-electron chi connectivity index (χ3n) is 5.01. The lowest BCUT2D eigenvalue weighted by molar-refractivity contribution is -0.138. The summed E-state index contributed by atoms with van der Waals surface area (Å²) in [5.41, 5.74) is 2.84. The quantitative estimate of drug-likeness (QED) is 0.581. The summed E-state index contributed by atoms with van der Waals surface area (Å²) in [7, 11) is 0. The minimum Gasteiger partial charge on any atom is -0.386 e. The highest BCUT2D eigenvalue weighted by atomic mass is 32.2. The van der Waals surface area contributed by atoms with Gasteiger partial charge in [-0.15, -0.1) is 0 Å². The van der Waals surface area contributed by atoms with E-state index in [4.69, 9.17) is 4.18 Å². The molecule has 0 bridgehead atoms. The molecule has 0 radical (unpaired) electrons. The first kappa shape index (κ1) is 18.1. The fraction of sp³-hybridized carbons (Fsp3) is 0.409. The topological polar surface area (TPSA) is 26.3 Å². The number of hydrogen-bond acceptors (Lipinski definition) is 3. The van der Waals surface area contributed by atoms with Crippen molar-refractivity contribution in [3.8, 4) is 0 Å². The van der Waals surface area contributed by atoms with Crippen LogP contribution in [0.4, 0.5) is 0 Å². The van der Waals surface area contributed by atoms with E-state index in [1.807, 2.05) is 30.3 Å². The molecule has 2 aromatic rings. The highest BCUT2D eigenvalue weighted by molar-refractivity contribution is 7.95. The highest BCUT2D eigenvalue weighted by Crippen LogP contribution is 2.37. The summed E-state index contributed by atoms with van der Waals surface area (Å²) in [5.74, 6) is 0.568. The lowest BCUT2D eigenvalue weighted by Gasteiger charge is -2.27. The Bertz CT molecular complexity index is 658. The second kappa shape index (κ2) is 9.10. The molecular weight excluding hydrogens is 328 g/mol. The first-order chi connectivity index (χ1) is 12.3. The van der Waals surface area contributed by atoms with Crippen molar-refractivity contribution in [1.29, 1.82) is 0 Å². The van der Waals surface area contributed by atoms with Gasteiger partial charge in [-0.25, -0.2) is 0 Å². The SMILES string of the molecule is CCCc1ccc(C2CCC(C(=O)OSc3ccccc3)CC2)cc1. The van der Waals surface area contributed by atoms with Crippen molar-refractivity contribution >= 4 is 18.0 Å². The van der Waals surface area contributed by atoms with Crippen LogP contribution in [0.3, 0.4) is 0 Å². The number of aryl methyl sites for hydroxylation is 1. The third kappa shape index (κ3) is 5.12. The molecule has 0 spiro atoms. The predicted octanol–water partition coefficient (Wildman–Crippen LogP) is 6.16. The second-order valence-electron chi connectivity index (χ2n) is 6.84. The summed E-state index contributed by atoms with van der Waals surface area (Å²) in [4.78, 5) is 13.3. The van der Waals surface area contributed by atoms with Gasteiger partial charge in [0.25, 0.3) is 0 Å². The van der Waals surface area contributed by atoms with Gasteiger partial charge in [-0.05, 0) is 61.3 Å². The van der Waals surface area contributed by atoms with E-state index in [0.29, 0.717) is 5.92 Å². The maximum Gasteiger partial charge on any atom is 0.321 e. The Morgan fingerprint density at radius 2 is 1.68 bits per heavy atom. The zero-order valence-electron chi connectivity index (χ0n) is 14.8. The summed E-state index contributed by atoms with van der Waals surface area (Å²) < 4.78 is 5.43. The van der Waals surface area contributed by atoms with Gasteiger partial charge in [-0.1, -0.05) is 55.8 Å². The van der Waals surface area contributed by atoms with Crippen molar-refractivity contribution in [2.24, 2.45) is 5.92 Å². The number of rotatable bonds is 6. The van der Waals surface area contributed by atoms with Crippen molar-refractivity contribution in [3.63, 3.8) is 0 Å². The van der Waals surface area contributed by atoms with Crippen molar-refractivity contribution in [1.82, 2.24) is 0 Å². The molecule has 0 aromatic heterocycles. The first-order valence-electron chi connectivity index (χ1n) is 9.28. The zero-order valence-corrected chi connectivity index (χ0v) is 15.6. The lowest BCUT2D eigenvalue weighted by atomic mass is 9.78. The molecule has 0 N–H and O–H groups in total. The van der Waals surface area contributed by atoms with Gasteiger partial charge in [0, 0.05) is 4.90 Å². The van der Waals surface area contributed by atoms with E-state index in [1.165, 1.54) is 29.6 Å². The fourth-order valence-electron chi connectivity index (χ4n) is 3.54. The normalized spacial score (nSPS) is 20.2. The van der Waals surface area contributed by atoms with Crippen LogP contribution in [0, 0.1) is 5.92 Å². The number of benzene rings is 2. The van der Waals surface area contributed by atoms with E-state index in [1.54, 1.807) is 0 Å². The van der Waals surface area contributed by atoms with Crippen LogP contribution in [0.25, 0.3) is 0 Å². The Labute approximate surface area is 155 Å². The molecule has 132 valence electrons. The average molecular weight is 355 g/mol. The molecule has 1 saturated carbocycles. The smallest absolute Gasteiger partial charge is 0.321 e. The summed E-state index contributed by atoms with van der Waals surface area (Å²) >= 11 is 1.18. The number of hydrogen-bond donors (Lipinski definition) is 0. The molecule has 0 saturated heterocycles. The Morgan fingerprint density at radius 1 is 1.00 bits per heavy atom. The van der Waals surface area contributed by atoms with Gasteiger partial charge in [0.05, 0.1) is 18.0 Å². The van der Waals surface area contributed by atoms with Gasteiger partial charge < -0.3 is 4.18 Å². The van der Waals surface area contributed by atoms with Gasteiger partial charge in [0.2, 0.25) is 0 Å². The number of carbonyl (C=O) groups is 1. The minimum absolute atomic E-state index is 0.0480. The third-order valence-corrected chi connectivity index (χ3v) is 5.73. The summed E-state index contributed by atoms with van der Waals surface area (Å²) in [6.45, 7) is 2.21. The van der Waals surface area contributed by atoms with Gasteiger partial charge in [-0.3, -0.25) is 4.79 Å². The van der Waals surface area contributed by atoms with Crippen LogP contribution in [0.1, 0.15) is 56.1 Å². The van der Waals surface area contributed by atoms with Crippen LogP contribution in [0.15, 0.2) is 59.5 Å². The standard InChI is InChI=1S/C22H26O2S/c1-2-6-17-9-11-18(12-10-17)19-13-15-20(16-14-19)22(23)24-25-21-7-4-3-5-8-21/h3-5,7-12,19-20H,2,6,13-16H2,1H3. The number of carbonyl (C=O) groups excluding carboxylic acids is 1. The maximum atomic E-state index is 12.3. The molecule has 1 aliphatic carbocycles. The van der Waals surface area contributed by atoms with Gasteiger partial charge in [0.1, 0.15) is 0 Å². The summed E-state index contributed by atoms with van der Waals surface area (Å²) in [6, 6.07) is 18.8. The Kier molecular flexibility index (Phi) is 6.57. The van der Waals surface area contributed by atoms with E-state index >= 15 is 0 Å². The molecule has 2 nitrogen and oxygen atoms in total. The van der Waals surface area contributed by atoms with Crippen LogP contribution < -0.4 is 0 Å². The molecule has 3 rings (SSSR count). The first-order valence-corrected chi connectivity index (χ1v) is 10.0. The van der Waals surface area contributed by atoms with Crippen LogP contribution in [0.5, 0.6) is 0 Å². The molecule has 25 heavy (non-hydrogen) atoms. The molecule has 1 aliphatic rings. The Hall–Kier alpha value is -1.74. The Morgan fingerprint density at radius 3 is 2.32 bits per heavy atom. The molecular formula is C22H26O2S. The molecule has 0 atom stereocenters. The zero-order chi connectivity index (χ0) is 17.5. The van der Waals surface area contributed by atoms with E-state index in [-0.39, 0.29) is 11.9 Å². The molecule has 0 unspecified atom stereocenters. The van der Waals surface area contributed by atoms with Crippen molar-refractivity contribution in [2.45, 2.75) is 56.3 Å². The molecule has 2 aromatic carbocycles. The van der Waals surface area contributed by atoms with Crippen LogP contribution in [0.2, 0.25) is 0 Å². The summed E-state index contributed by atoms with van der Waals surface area (Å²) in [5, 5.41) is 0. The van der Waals surface area contributed by atoms with Crippen LogP contribution in [-0.2, 0) is 15.4 Å². The van der Waals surface area contributed by atoms with Crippen molar-refractivity contribution in [3.05, 3.63) is 65.7 Å². The lowest BCUT2D eigenvalue weighted by Crippen LogP contribution is -2.21.